The summed E-state index contributed by atoms with van der Waals surface area (Å²) >= 11 is 1.38. The minimum atomic E-state index is -0.598. The molecule has 1 aliphatic rings. The average molecular weight is 402 g/mol. The molecule has 2 aromatic rings. The summed E-state index contributed by atoms with van der Waals surface area (Å²) in [7, 11) is 1.70. The fourth-order valence-electron chi connectivity index (χ4n) is 3.16. The quantitative estimate of drug-likeness (QED) is 0.691. The summed E-state index contributed by atoms with van der Waals surface area (Å²) in [5.74, 6) is -1.53. The van der Waals surface area contributed by atoms with Crippen LogP contribution >= 0.6 is 11.3 Å². The normalized spacial score (nSPS) is 12.2. The third-order valence-electron chi connectivity index (χ3n) is 4.40. The minimum absolute atomic E-state index is 0.263. The van der Waals surface area contributed by atoms with Crippen LogP contribution in [0.1, 0.15) is 44.5 Å². The van der Waals surface area contributed by atoms with Gasteiger partial charge in [-0.2, -0.15) is 0 Å². The van der Waals surface area contributed by atoms with Gasteiger partial charge in [-0.05, 0) is 43.9 Å². The van der Waals surface area contributed by atoms with Gasteiger partial charge >= 0.3 is 11.9 Å². The van der Waals surface area contributed by atoms with Crippen LogP contribution in [-0.4, -0.2) is 38.1 Å². The van der Waals surface area contributed by atoms with Crippen LogP contribution in [0, 0.1) is 0 Å². The van der Waals surface area contributed by atoms with E-state index in [2.05, 4.69) is 10.6 Å². The van der Waals surface area contributed by atoms with Crippen molar-refractivity contribution >= 4 is 39.9 Å². The summed E-state index contributed by atoms with van der Waals surface area (Å²) in [6.45, 7) is 1.56. The van der Waals surface area contributed by atoms with Gasteiger partial charge in [0.25, 0.3) is 5.91 Å². The molecule has 0 spiro atoms. The number of anilines is 2. The predicted molar refractivity (Wildman–Crippen MR) is 107 cm³/mol. The van der Waals surface area contributed by atoms with E-state index in [0.29, 0.717) is 21.8 Å². The van der Waals surface area contributed by atoms with Crippen LogP contribution in [0.5, 0.6) is 0 Å². The molecule has 3 rings (SSSR count). The van der Waals surface area contributed by atoms with Crippen molar-refractivity contribution in [2.75, 3.05) is 30.9 Å². The van der Waals surface area contributed by atoms with Crippen LogP contribution in [0.2, 0.25) is 0 Å². The highest BCUT2D eigenvalue weighted by molar-refractivity contribution is 7.17. The Balaban J connectivity index is 1.67. The smallest absolute Gasteiger partial charge is 0.341 e. The highest BCUT2D eigenvalue weighted by Gasteiger charge is 2.28. The lowest BCUT2D eigenvalue weighted by atomic mass is 10.1. The van der Waals surface area contributed by atoms with E-state index in [4.69, 9.17) is 9.47 Å². The summed E-state index contributed by atoms with van der Waals surface area (Å²) < 4.78 is 10.3. The third kappa shape index (κ3) is 4.17. The molecule has 8 heteroatoms. The Morgan fingerprint density at radius 3 is 2.64 bits per heavy atom. The van der Waals surface area contributed by atoms with Gasteiger partial charge in [0.2, 0.25) is 0 Å². The first-order valence-corrected chi connectivity index (χ1v) is 9.92. The number of carbonyl (C=O) groups excluding carboxylic acids is 3. The zero-order chi connectivity index (χ0) is 20.1. The first-order chi connectivity index (χ1) is 13.5. The molecule has 1 aromatic carbocycles. The molecule has 0 bridgehead atoms. The number of esters is 2. The number of hydrogen-bond acceptors (Lipinski definition) is 7. The Kier molecular flexibility index (Phi) is 6.30. The summed E-state index contributed by atoms with van der Waals surface area (Å²) in [6, 6.07) is 6.88. The molecular weight excluding hydrogens is 380 g/mol. The number of thiophene rings is 1. The topological polar surface area (TPSA) is 93.7 Å². The molecule has 0 saturated heterocycles. The third-order valence-corrected chi connectivity index (χ3v) is 5.61. The first kappa shape index (κ1) is 19.9. The molecule has 1 aromatic heterocycles. The maximum Gasteiger partial charge on any atom is 0.341 e. The number of aryl methyl sites for hydroxylation is 1. The van der Waals surface area contributed by atoms with E-state index in [9.17, 15) is 14.4 Å². The monoisotopic (exact) mass is 402 g/mol. The maximum absolute atomic E-state index is 12.3. The number of nitrogens with one attached hydrogen (secondary N) is 2. The summed E-state index contributed by atoms with van der Waals surface area (Å²) in [6.07, 6.45) is 2.67. The zero-order valence-electron chi connectivity index (χ0n) is 15.8. The molecule has 0 fully saturated rings. The highest BCUT2D eigenvalue weighted by Crippen LogP contribution is 2.39. The molecule has 1 amide bonds. The lowest BCUT2D eigenvalue weighted by molar-refractivity contribution is -0.119. The van der Waals surface area contributed by atoms with E-state index >= 15 is 0 Å². The van der Waals surface area contributed by atoms with E-state index in [1.54, 1.807) is 38.2 Å². The molecule has 148 valence electrons. The fraction of sp³-hybridized carbons (Fsp3) is 0.350. The molecule has 2 N–H and O–H groups in total. The Morgan fingerprint density at radius 1 is 1.11 bits per heavy atom. The van der Waals surface area contributed by atoms with Gasteiger partial charge in [-0.15, -0.1) is 11.3 Å². The van der Waals surface area contributed by atoms with Crippen molar-refractivity contribution in [2.24, 2.45) is 0 Å². The molecule has 0 atom stereocenters. The molecule has 28 heavy (non-hydrogen) atoms. The van der Waals surface area contributed by atoms with Crippen molar-refractivity contribution in [3.63, 3.8) is 0 Å². The number of rotatable bonds is 7. The largest absolute Gasteiger partial charge is 0.462 e. The number of benzene rings is 1. The molecular formula is C20H22N2O5S. The van der Waals surface area contributed by atoms with E-state index in [1.165, 1.54) is 11.3 Å². The van der Waals surface area contributed by atoms with Crippen LogP contribution < -0.4 is 10.6 Å². The standard InChI is InChI=1S/C20H22N2O5S/c1-3-26-20(25)17-13-8-6-10-15(13)28-18(17)22-16(23)11-27-19(24)12-7-4-5-9-14(12)21-2/h4-5,7,9,21H,3,6,8,10-11H2,1-2H3,(H,22,23). The Hall–Kier alpha value is -2.87. The summed E-state index contributed by atoms with van der Waals surface area (Å²) in [5, 5.41) is 6.07. The maximum atomic E-state index is 12.3. The van der Waals surface area contributed by atoms with Gasteiger partial charge in [-0.25, -0.2) is 9.59 Å². The van der Waals surface area contributed by atoms with Gasteiger partial charge in [0, 0.05) is 17.6 Å². The summed E-state index contributed by atoms with van der Waals surface area (Å²) in [4.78, 5) is 38.0. The van der Waals surface area contributed by atoms with E-state index in [0.717, 1.165) is 29.7 Å². The van der Waals surface area contributed by atoms with E-state index in [-0.39, 0.29) is 6.61 Å². The minimum Gasteiger partial charge on any atom is -0.462 e. The lowest BCUT2D eigenvalue weighted by Crippen LogP contribution is -2.22. The fourth-order valence-corrected chi connectivity index (χ4v) is 4.46. The van der Waals surface area contributed by atoms with Crippen molar-refractivity contribution < 1.29 is 23.9 Å². The zero-order valence-corrected chi connectivity index (χ0v) is 16.6. The first-order valence-electron chi connectivity index (χ1n) is 9.10. The van der Waals surface area contributed by atoms with Gasteiger partial charge < -0.3 is 20.1 Å². The summed E-state index contributed by atoms with van der Waals surface area (Å²) in [5.41, 5.74) is 2.35. The number of amides is 1. The second-order valence-electron chi connectivity index (χ2n) is 6.20. The van der Waals surface area contributed by atoms with Crippen LogP contribution in [0.4, 0.5) is 10.7 Å². The van der Waals surface area contributed by atoms with Crippen LogP contribution in [-0.2, 0) is 27.1 Å². The molecule has 0 radical (unpaired) electrons. The van der Waals surface area contributed by atoms with Crippen molar-refractivity contribution in [3.8, 4) is 0 Å². The van der Waals surface area contributed by atoms with Crippen LogP contribution in [0.25, 0.3) is 0 Å². The lowest BCUT2D eigenvalue weighted by Gasteiger charge is -2.10. The van der Waals surface area contributed by atoms with Gasteiger partial charge in [-0.1, -0.05) is 12.1 Å². The molecule has 0 aliphatic heterocycles. The Bertz CT molecular complexity index is 906. The average Bonchev–Trinajstić information content (AvgIpc) is 3.26. The van der Waals surface area contributed by atoms with Crippen molar-refractivity contribution in [3.05, 3.63) is 45.8 Å². The number of fused-ring (bicyclic) bond motifs is 1. The number of para-hydroxylation sites is 1. The Morgan fingerprint density at radius 2 is 1.89 bits per heavy atom. The highest BCUT2D eigenvalue weighted by atomic mass is 32.1. The van der Waals surface area contributed by atoms with Crippen molar-refractivity contribution in [1.82, 2.24) is 0 Å². The van der Waals surface area contributed by atoms with Crippen LogP contribution in [0.15, 0.2) is 24.3 Å². The van der Waals surface area contributed by atoms with Gasteiger partial charge in [0.05, 0.1) is 17.7 Å². The second-order valence-corrected chi connectivity index (χ2v) is 7.31. The van der Waals surface area contributed by atoms with Crippen molar-refractivity contribution in [2.45, 2.75) is 26.2 Å². The SMILES string of the molecule is CCOC(=O)c1c(NC(=O)COC(=O)c2ccccc2NC)sc2c1CCC2. The number of hydrogen-bond donors (Lipinski definition) is 2. The second kappa shape index (κ2) is 8.88. The van der Waals surface area contributed by atoms with Gasteiger partial charge in [0.1, 0.15) is 5.00 Å². The number of ether oxygens (including phenoxy) is 2. The molecule has 7 nitrogen and oxygen atoms in total. The molecule has 1 heterocycles. The van der Waals surface area contributed by atoms with E-state index < -0.39 is 24.5 Å². The van der Waals surface area contributed by atoms with Gasteiger partial charge in [0.15, 0.2) is 6.61 Å². The molecule has 0 unspecified atom stereocenters. The molecule has 1 aliphatic carbocycles. The Labute approximate surface area is 167 Å². The predicted octanol–water partition coefficient (Wildman–Crippen LogP) is 3.25. The van der Waals surface area contributed by atoms with Crippen molar-refractivity contribution in [1.29, 1.82) is 0 Å². The van der Waals surface area contributed by atoms with Crippen LogP contribution in [0.3, 0.4) is 0 Å². The van der Waals surface area contributed by atoms with E-state index in [1.807, 2.05) is 0 Å². The molecule has 0 saturated carbocycles. The number of carbonyl (C=O) groups is 3. The van der Waals surface area contributed by atoms with Gasteiger partial charge in [-0.3, -0.25) is 4.79 Å².